The zero-order chi connectivity index (χ0) is 20.9. The molecular weight excluding hydrogens is 379 g/mol. The third kappa shape index (κ3) is 4.20. The quantitative estimate of drug-likeness (QED) is 0.518. The van der Waals surface area contributed by atoms with E-state index in [2.05, 4.69) is 0 Å². The summed E-state index contributed by atoms with van der Waals surface area (Å²) in [6, 6.07) is 22.3. The van der Waals surface area contributed by atoms with E-state index in [0.29, 0.717) is 12.1 Å². The zero-order valence-electron chi connectivity index (χ0n) is 17.0. The number of hydrogen-bond donors (Lipinski definition) is 0. The standard InChI is InChI=1S/C25H23FN2O2/c1-29-21-13-8-18(9-14-21)7-12-20-17-25(19-10-15-22(30-2)16-11-19)28(27-20)24-6-4-3-5-23(24)26/h3-16,25H,17H2,1-2H3. The van der Waals surface area contributed by atoms with E-state index >= 15 is 0 Å². The van der Waals surface area contributed by atoms with Crippen LogP contribution in [0.1, 0.15) is 23.6 Å². The minimum atomic E-state index is -0.292. The summed E-state index contributed by atoms with van der Waals surface area (Å²) in [5, 5.41) is 6.50. The molecule has 0 bridgehead atoms. The monoisotopic (exact) mass is 402 g/mol. The molecule has 0 aliphatic carbocycles. The average Bonchev–Trinajstić information content (AvgIpc) is 3.22. The fourth-order valence-electron chi connectivity index (χ4n) is 3.49. The van der Waals surface area contributed by atoms with Crippen molar-refractivity contribution in [2.24, 2.45) is 5.10 Å². The van der Waals surface area contributed by atoms with E-state index in [1.54, 1.807) is 31.4 Å². The molecule has 30 heavy (non-hydrogen) atoms. The lowest BCUT2D eigenvalue weighted by atomic mass is 10.0. The predicted octanol–water partition coefficient (Wildman–Crippen LogP) is 5.86. The molecule has 4 nitrogen and oxygen atoms in total. The van der Waals surface area contributed by atoms with E-state index in [-0.39, 0.29) is 11.9 Å². The SMILES string of the molecule is COc1ccc(C=CC2=NN(c3ccccc3F)C(c3ccc(OC)cc3)C2)cc1. The minimum absolute atomic E-state index is 0.0941. The molecule has 1 atom stereocenters. The van der Waals surface area contributed by atoms with Gasteiger partial charge >= 0.3 is 0 Å². The Morgan fingerprint density at radius 2 is 1.50 bits per heavy atom. The number of benzene rings is 3. The Bertz CT molecular complexity index is 1060. The summed E-state index contributed by atoms with van der Waals surface area (Å²) >= 11 is 0. The van der Waals surface area contributed by atoms with Crippen molar-refractivity contribution in [2.45, 2.75) is 12.5 Å². The zero-order valence-corrected chi connectivity index (χ0v) is 17.0. The third-order valence-corrected chi connectivity index (χ3v) is 5.12. The minimum Gasteiger partial charge on any atom is -0.497 e. The normalized spacial score (nSPS) is 16.0. The number of hydrogen-bond acceptors (Lipinski definition) is 4. The van der Waals surface area contributed by atoms with Gasteiger partial charge in [0, 0.05) is 6.42 Å². The summed E-state index contributed by atoms with van der Waals surface area (Å²) in [6.45, 7) is 0. The van der Waals surface area contributed by atoms with E-state index in [1.807, 2.05) is 66.7 Å². The van der Waals surface area contributed by atoms with Crippen molar-refractivity contribution in [3.63, 3.8) is 0 Å². The number of hydrazone groups is 1. The molecular formula is C25H23FN2O2. The van der Waals surface area contributed by atoms with Gasteiger partial charge in [-0.1, -0.05) is 42.5 Å². The summed E-state index contributed by atoms with van der Waals surface area (Å²) in [4.78, 5) is 0. The maximum atomic E-state index is 14.5. The van der Waals surface area contributed by atoms with E-state index in [4.69, 9.17) is 14.6 Å². The molecule has 0 saturated heterocycles. The Hall–Kier alpha value is -3.60. The molecule has 1 unspecified atom stereocenters. The molecule has 0 spiro atoms. The van der Waals surface area contributed by atoms with Crippen molar-refractivity contribution in [1.82, 2.24) is 0 Å². The highest BCUT2D eigenvalue weighted by molar-refractivity contribution is 6.01. The van der Waals surface area contributed by atoms with Crippen molar-refractivity contribution in [3.05, 3.63) is 95.8 Å². The van der Waals surface area contributed by atoms with E-state index in [0.717, 1.165) is 28.3 Å². The van der Waals surface area contributed by atoms with Gasteiger partial charge in [-0.3, -0.25) is 5.01 Å². The lowest BCUT2D eigenvalue weighted by Gasteiger charge is -2.24. The van der Waals surface area contributed by atoms with Crippen molar-refractivity contribution in [2.75, 3.05) is 19.2 Å². The van der Waals surface area contributed by atoms with Gasteiger partial charge in [0.1, 0.15) is 17.3 Å². The highest BCUT2D eigenvalue weighted by Crippen LogP contribution is 2.37. The first-order chi connectivity index (χ1) is 14.7. The smallest absolute Gasteiger partial charge is 0.148 e. The third-order valence-electron chi connectivity index (χ3n) is 5.12. The Balaban J connectivity index is 1.63. The van der Waals surface area contributed by atoms with Crippen LogP contribution in [0.4, 0.5) is 10.1 Å². The maximum absolute atomic E-state index is 14.5. The molecule has 1 aliphatic rings. The van der Waals surface area contributed by atoms with Crippen LogP contribution in [0.3, 0.4) is 0 Å². The van der Waals surface area contributed by atoms with Crippen LogP contribution in [0, 0.1) is 5.82 Å². The molecule has 3 aromatic rings. The second-order valence-electron chi connectivity index (χ2n) is 6.99. The fraction of sp³-hybridized carbons (Fsp3) is 0.160. The first kappa shape index (κ1) is 19.7. The largest absolute Gasteiger partial charge is 0.497 e. The van der Waals surface area contributed by atoms with Gasteiger partial charge in [-0.25, -0.2) is 4.39 Å². The van der Waals surface area contributed by atoms with Crippen molar-refractivity contribution in [1.29, 1.82) is 0 Å². The number of methoxy groups -OCH3 is 2. The Morgan fingerprint density at radius 3 is 2.13 bits per heavy atom. The van der Waals surface area contributed by atoms with Gasteiger partial charge in [0.25, 0.3) is 0 Å². The van der Waals surface area contributed by atoms with Gasteiger partial charge < -0.3 is 9.47 Å². The van der Waals surface area contributed by atoms with Gasteiger partial charge in [0.05, 0.1) is 31.7 Å². The number of allylic oxidation sites excluding steroid dienone is 1. The van der Waals surface area contributed by atoms with Gasteiger partial charge in [-0.2, -0.15) is 5.10 Å². The average molecular weight is 402 g/mol. The number of para-hydroxylation sites is 1. The second-order valence-corrected chi connectivity index (χ2v) is 6.99. The Kier molecular flexibility index (Phi) is 5.80. The predicted molar refractivity (Wildman–Crippen MR) is 119 cm³/mol. The topological polar surface area (TPSA) is 34.1 Å². The molecule has 0 amide bonds. The molecule has 0 radical (unpaired) electrons. The number of halogens is 1. The highest BCUT2D eigenvalue weighted by Gasteiger charge is 2.29. The first-order valence-corrected chi connectivity index (χ1v) is 9.75. The Morgan fingerprint density at radius 1 is 0.867 bits per heavy atom. The van der Waals surface area contributed by atoms with Crippen LogP contribution in [0.15, 0.2) is 84.0 Å². The number of anilines is 1. The second kappa shape index (κ2) is 8.82. The molecule has 0 fully saturated rings. The summed E-state index contributed by atoms with van der Waals surface area (Å²) in [5.74, 6) is 1.31. The van der Waals surface area contributed by atoms with Gasteiger partial charge in [-0.05, 0) is 53.6 Å². The van der Waals surface area contributed by atoms with E-state index in [9.17, 15) is 4.39 Å². The van der Waals surface area contributed by atoms with Crippen LogP contribution in [0.25, 0.3) is 6.08 Å². The molecule has 0 saturated carbocycles. The molecule has 1 aliphatic heterocycles. The molecule has 5 heteroatoms. The summed E-state index contributed by atoms with van der Waals surface area (Å²) in [5.41, 5.74) is 3.44. The fourth-order valence-corrected chi connectivity index (χ4v) is 3.49. The summed E-state index contributed by atoms with van der Waals surface area (Å²) in [6.07, 6.45) is 4.67. The van der Waals surface area contributed by atoms with Crippen molar-refractivity contribution < 1.29 is 13.9 Å². The first-order valence-electron chi connectivity index (χ1n) is 9.75. The lowest BCUT2D eigenvalue weighted by Crippen LogP contribution is -2.19. The van der Waals surface area contributed by atoms with Gasteiger partial charge in [0.2, 0.25) is 0 Å². The molecule has 1 heterocycles. The van der Waals surface area contributed by atoms with E-state index in [1.165, 1.54) is 6.07 Å². The maximum Gasteiger partial charge on any atom is 0.148 e. The van der Waals surface area contributed by atoms with Crippen LogP contribution in [0.5, 0.6) is 11.5 Å². The lowest BCUT2D eigenvalue weighted by molar-refractivity contribution is 0.414. The van der Waals surface area contributed by atoms with Crippen LogP contribution in [-0.4, -0.2) is 19.9 Å². The van der Waals surface area contributed by atoms with Crippen LogP contribution in [0.2, 0.25) is 0 Å². The molecule has 0 N–H and O–H groups in total. The highest BCUT2D eigenvalue weighted by atomic mass is 19.1. The van der Waals surface area contributed by atoms with Crippen molar-refractivity contribution >= 4 is 17.5 Å². The van der Waals surface area contributed by atoms with E-state index < -0.39 is 0 Å². The Labute approximate surface area is 175 Å². The van der Waals surface area contributed by atoms with Gasteiger partial charge in [-0.15, -0.1) is 0 Å². The van der Waals surface area contributed by atoms with Crippen LogP contribution in [-0.2, 0) is 0 Å². The number of rotatable bonds is 6. The van der Waals surface area contributed by atoms with Crippen LogP contribution < -0.4 is 14.5 Å². The molecule has 0 aromatic heterocycles. The summed E-state index contributed by atoms with van der Waals surface area (Å²) < 4.78 is 25.0. The summed E-state index contributed by atoms with van der Waals surface area (Å²) in [7, 11) is 3.29. The molecule has 3 aromatic carbocycles. The molecule has 152 valence electrons. The van der Waals surface area contributed by atoms with Crippen molar-refractivity contribution in [3.8, 4) is 11.5 Å². The number of ether oxygens (including phenoxy) is 2. The van der Waals surface area contributed by atoms with Crippen LogP contribution >= 0.6 is 0 Å². The van der Waals surface area contributed by atoms with Gasteiger partial charge in [0.15, 0.2) is 0 Å². The molecule has 4 rings (SSSR count). The number of nitrogens with zero attached hydrogens (tertiary/aromatic N) is 2.